The number of methoxy groups -OCH3 is 2. The zero-order valence-corrected chi connectivity index (χ0v) is 20.7. The Morgan fingerprint density at radius 2 is 1.88 bits per heavy atom. The van der Waals surface area contributed by atoms with Gasteiger partial charge in [0.15, 0.2) is 4.80 Å². The first-order chi connectivity index (χ1) is 15.7. The van der Waals surface area contributed by atoms with E-state index in [1.807, 2.05) is 13.1 Å². The molecule has 2 aromatic carbocycles. The summed E-state index contributed by atoms with van der Waals surface area (Å²) >= 11 is 1.35. The van der Waals surface area contributed by atoms with Crippen molar-refractivity contribution in [1.82, 2.24) is 8.87 Å². The van der Waals surface area contributed by atoms with Crippen LogP contribution >= 0.6 is 11.3 Å². The lowest BCUT2D eigenvalue weighted by Crippen LogP contribution is -2.39. The summed E-state index contributed by atoms with van der Waals surface area (Å²) in [5.41, 5.74) is 1.13. The van der Waals surface area contributed by atoms with E-state index in [2.05, 4.69) is 11.9 Å². The highest BCUT2D eigenvalue weighted by molar-refractivity contribution is 7.89. The number of nitrogens with zero attached hydrogens (tertiary/aromatic N) is 3. The van der Waals surface area contributed by atoms with Gasteiger partial charge in [-0.2, -0.15) is 9.30 Å². The van der Waals surface area contributed by atoms with E-state index in [9.17, 15) is 13.2 Å². The molecule has 2 heterocycles. The molecular formula is C23H27N3O5S2. The lowest BCUT2D eigenvalue weighted by molar-refractivity contribution is 0.0998. The van der Waals surface area contributed by atoms with Crippen molar-refractivity contribution in [2.24, 2.45) is 18.0 Å². The summed E-state index contributed by atoms with van der Waals surface area (Å²) < 4.78 is 40.9. The Labute approximate surface area is 197 Å². The largest absolute Gasteiger partial charge is 0.497 e. The van der Waals surface area contributed by atoms with Crippen molar-refractivity contribution < 1.29 is 22.7 Å². The molecule has 1 saturated heterocycles. The minimum Gasteiger partial charge on any atom is -0.497 e. The van der Waals surface area contributed by atoms with Gasteiger partial charge in [0.2, 0.25) is 10.0 Å². The highest BCUT2D eigenvalue weighted by Crippen LogP contribution is 2.32. The van der Waals surface area contributed by atoms with Crippen molar-refractivity contribution in [3.63, 3.8) is 0 Å². The van der Waals surface area contributed by atoms with Crippen LogP contribution in [0, 0.1) is 5.92 Å². The number of rotatable bonds is 5. The van der Waals surface area contributed by atoms with Gasteiger partial charge in [-0.3, -0.25) is 4.79 Å². The second kappa shape index (κ2) is 9.28. The van der Waals surface area contributed by atoms with Gasteiger partial charge >= 0.3 is 0 Å². The van der Waals surface area contributed by atoms with Gasteiger partial charge in [-0.15, -0.1) is 0 Å². The van der Waals surface area contributed by atoms with Crippen LogP contribution in [-0.2, 0) is 17.1 Å². The summed E-state index contributed by atoms with van der Waals surface area (Å²) in [6.07, 6.45) is 1.90. The number of carbonyl (C=O) groups excluding carboxylic acids is 1. The predicted molar refractivity (Wildman–Crippen MR) is 127 cm³/mol. The maximum Gasteiger partial charge on any atom is 0.279 e. The van der Waals surface area contributed by atoms with Crippen molar-refractivity contribution >= 4 is 37.5 Å². The molecule has 0 aliphatic carbocycles. The highest BCUT2D eigenvalue weighted by Gasteiger charge is 2.28. The smallest absolute Gasteiger partial charge is 0.279 e. The first kappa shape index (κ1) is 23.5. The standard InChI is InChI=1S/C23H27N3O5S2/c1-15-6-5-11-26(14-15)33(28,29)18-9-7-16(8-10-18)22(27)24-23-25(2)21-19(31-4)12-17(30-3)13-20(21)32-23/h7-10,12-13,15H,5-6,11,14H2,1-4H3. The van der Waals surface area contributed by atoms with Crippen molar-refractivity contribution in [3.05, 3.63) is 46.8 Å². The number of thiazole rings is 1. The minimum absolute atomic E-state index is 0.192. The Kier molecular flexibility index (Phi) is 6.60. The molecule has 1 aromatic heterocycles. The van der Waals surface area contributed by atoms with E-state index in [1.165, 1.54) is 39.9 Å². The SMILES string of the molecule is COc1cc(OC)c2c(c1)sc(=NC(=O)c1ccc(S(=O)(=O)N3CCCC(C)C3)cc1)n2C. The average molecular weight is 490 g/mol. The predicted octanol–water partition coefficient (Wildman–Crippen LogP) is 3.42. The molecule has 1 fully saturated rings. The number of aryl methyl sites for hydroxylation is 1. The van der Waals surface area contributed by atoms with Crippen LogP contribution in [0.25, 0.3) is 10.2 Å². The monoisotopic (exact) mass is 489 g/mol. The number of hydrogen-bond donors (Lipinski definition) is 0. The molecule has 1 atom stereocenters. The molecular weight excluding hydrogens is 462 g/mol. The van der Waals surface area contributed by atoms with E-state index in [4.69, 9.17) is 9.47 Å². The average Bonchev–Trinajstić information content (AvgIpc) is 3.13. The molecule has 1 aliphatic heterocycles. The number of hydrogen-bond acceptors (Lipinski definition) is 6. The fraction of sp³-hybridized carbons (Fsp3) is 0.391. The normalized spacial score (nSPS) is 17.9. The molecule has 0 saturated carbocycles. The first-order valence-electron chi connectivity index (χ1n) is 10.7. The Hall–Kier alpha value is -2.69. The van der Waals surface area contributed by atoms with E-state index in [1.54, 1.807) is 24.9 Å². The number of sulfonamides is 1. The summed E-state index contributed by atoms with van der Waals surface area (Å²) in [6.45, 7) is 3.11. The molecule has 3 aromatic rings. The van der Waals surface area contributed by atoms with Gasteiger partial charge in [-0.05, 0) is 49.1 Å². The van der Waals surface area contributed by atoms with Crippen LogP contribution in [0.2, 0.25) is 0 Å². The third-order valence-corrected chi connectivity index (χ3v) is 8.81. The molecule has 1 aliphatic rings. The number of aromatic nitrogens is 1. The quantitative estimate of drug-likeness (QED) is 0.548. The summed E-state index contributed by atoms with van der Waals surface area (Å²) in [6, 6.07) is 9.65. The summed E-state index contributed by atoms with van der Waals surface area (Å²) in [5.74, 6) is 1.17. The van der Waals surface area contributed by atoms with Crippen LogP contribution in [0.5, 0.6) is 11.5 Å². The topological polar surface area (TPSA) is 90.2 Å². The molecule has 176 valence electrons. The van der Waals surface area contributed by atoms with Gasteiger partial charge in [-0.1, -0.05) is 18.3 Å². The number of piperidine rings is 1. The molecule has 8 nitrogen and oxygen atoms in total. The van der Waals surface area contributed by atoms with Crippen LogP contribution < -0.4 is 14.3 Å². The molecule has 0 N–H and O–H groups in total. The van der Waals surface area contributed by atoms with E-state index in [0.717, 1.165) is 23.1 Å². The van der Waals surface area contributed by atoms with E-state index in [-0.39, 0.29) is 4.90 Å². The number of amides is 1. The van der Waals surface area contributed by atoms with Crippen LogP contribution in [0.3, 0.4) is 0 Å². The molecule has 0 spiro atoms. The highest BCUT2D eigenvalue weighted by atomic mass is 32.2. The molecule has 4 rings (SSSR count). The lowest BCUT2D eigenvalue weighted by Gasteiger charge is -2.30. The molecule has 1 unspecified atom stereocenters. The molecule has 33 heavy (non-hydrogen) atoms. The zero-order chi connectivity index (χ0) is 23.8. The van der Waals surface area contributed by atoms with Gasteiger partial charge < -0.3 is 14.0 Å². The van der Waals surface area contributed by atoms with Crippen molar-refractivity contribution in [1.29, 1.82) is 0 Å². The van der Waals surface area contributed by atoms with Crippen LogP contribution in [-0.4, -0.2) is 50.5 Å². The molecule has 0 radical (unpaired) electrons. The minimum atomic E-state index is -3.57. The third-order valence-electron chi connectivity index (χ3n) is 5.85. The zero-order valence-electron chi connectivity index (χ0n) is 19.1. The fourth-order valence-corrected chi connectivity index (χ4v) is 6.70. The maximum atomic E-state index is 13.0. The fourth-order valence-electron chi connectivity index (χ4n) is 4.03. The number of benzene rings is 2. The molecule has 1 amide bonds. The summed E-state index contributed by atoms with van der Waals surface area (Å²) in [7, 11) is 1.40. The summed E-state index contributed by atoms with van der Waals surface area (Å²) in [5, 5.41) is 0. The maximum absolute atomic E-state index is 13.0. The second-order valence-corrected chi connectivity index (χ2v) is 11.1. The molecule has 0 bridgehead atoms. The number of ether oxygens (including phenoxy) is 2. The lowest BCUT2D eigenvalue weighted by atomic mass is 10.0. The first-order valence-corrected chi connectivity index (χ1v) is 12.9. The van der Waals surface area contributed by atoms with E-state index < -0.39 is 15.9 Å². The molecule has 10 heteroatoms. The van der Waals surface area contributed by atoms with Gasteiger partial charge in [0.1, 0.15) is 17.0 Å². The Bertz CT molecular complexity index is 1360. The van der Waals surface area contributed by atoms with E-state index >= 15 is 0 Å². The van der Waals surface area contributed by atoms with Crippen LogP contribution in [0.15, 0.2) is 46.3 Å². The second-order valence-electron chi connectivity index (χ2n) is 8.17. The van der Waals surface area contributed by atoms with Crippen LogP contribution in [0.1, 0.15) is 30.1 Å². The van der Waals surface area contributed by atoms with Crippen molar-refractivity contribution in [2.75, 3.05) is 27.3 Å². The summed E-state index contributed by atoms with van der Waals surface area (Å²) in [4.78, 5) is 17.8. The van der Waals surface area contributed by atoms with Crippen molar-refractivity contribution in [2.45, 2.75) is 24.7 Å². The Morgan fingerprint density at radius 3 is 2.52 bits per heavy atom. The van der Waals surface area contributed by atoms with Gasteiger partial charge in [-0.25, -0.2) is 8.42 Å². The van der Waals surface area contributed by atoms with Gasteiger partial charge in [0.25, 0.3) is 5.91 Å². The number of carbonyl (C=O) groups is 1. The Balaban J connectivity index is 1.64. The third kappa shape index (κ3) is 4.55. The number of fused-ring (bicyclic) bond motifs is 1. The van der Waals surface area contributed by atoms with Crippen molar-refractivity contribution in [3.8, 4) is 11.5 Å². The van der Waals surface area contributed by atoms with Gasteiger partial charge in [0.05, 0.1) is 23.8 Å². The van der Waals surface area contributed by atoms with Gasteiger partial charge in [0, 0.05) is 31.8 Å². The van der Waals surface area contributed by atoms with E-state index in [0.29, 0.717) is 40.9 Å². The Morgan fingerprint density at radius 1 is 1.15 bits per heavy atom. The van der Waals surface area contributed by atoms with Crippen LogP contribution in [0.4, 0.5) is 0 Å².